The fourth-order valence-electron chi connectivity index (χ4n) is 2.18. The SMILES string of the molecule is C#Cc1cnc(C2CCN(C(=O)OC(C)(C)C)CC2)s1. The summed E-state index contributed by atoms with van der Waals surface area (Å²) in [6, 6.07) is 0. The number of aromatic nitrogens is 1. The minimum atomic E-state index is -0.440. The first-order chi connectivity index (χ1) is 9.39. The molecule has 0 aromatic carbocycles. The zero-order chi connectivity index (χ0) is 14.8. The van der Waals surface area contributed by atoms with Gasteiger partial charge < -0.3 is 9.64 Å². The largest absolute Gasteiger partial charge is 0.444 e. The molecule has 0 aliphatic carbocycles. The third-order valence-corrected chi connectivity index (χ3v) is 4.25. The molecule has 4 nitrogen and oxygen atoms in total. The fourth-order valence-corrected chi connectivity index (χ4v) is 3.08. The maximum absolute atomic E-state index is 12.0. The summed E-state index contributed by atoms with van der Waals surface area (Å²) in [4.78, 5) is 19.0. The molecule has 0 saturated carbocycles. The summed E-state index contributed by atoms with van der Waals surface area (Å²) in [7, 11) is 0. The van der Waals surface area contributed by atoms with Crippen LogP contribution in [0.1, 0.15) is 49.4 Å². The molecule has 5 heteroatoms. The van der Waals surface area contributed by atoms with E-state index in [9.17, 15) is 4.79 Å². The molecule has 0 atom stereocenters. The molecule has 0 N–H and O–H groups in total. The Kier molecular flexibility index (Phi) is 4.34. The van der Waals surface area contributed by atoms with E-state index >= 15 is 0 Å². The number of hydrogen-bond donors (Lipinski definition) is 0. The molecule has 1 aromatic heterocycles. The van der Waals surface area contributed by atoms with Crippen molar-refractivity contribution in [1.29, 1.82) is 0 Å². The number of thiazole rings is 1. The predicted octanol–water partition coefficient (Wildman–Crippen LogP) is 3.24. The van der Waals surface area contributed by atoms with E-state index in [2.05, 4.69) is 10.9 Å². The van der Waals surface area contributed by atoms with Gasteiger partial charge in [-0.2, -0.15) is 0 Å². The minimum absolute atomic E-state index is 0.223. The Hall–Kier alpha value is -1.54. The van der Waals surface area contributed by atoms with Gasteiger partial charge in [0.2, 0.25) is 0 Å². The van der Waals surface area contributed by atoms with E-state index in [4.69, 9.17) is 11.2 Å². The second-order valence-electron chi connectivity index (χ2n) is 5.95. The van der Waals surface area contributed by atoms with Gasteiger partial charge in [0, 0.05) is 19.0 Å². The number of carbonyl (C=O) groups is 1. The van der Waals surface area contributed by atoms with Gasteiger partial charge in [-0.3, -0.25) is 0 Å². The van der Waals surface area contributed by atoms with Crippen LogP contribution in [0.15, 0.2) is 6.20 Å². The summed E-state index contributed by atoms with van der Waals surface area (Å²) >= 11 is 1.58. The van der Waals surface area contributed by atoms with Gasteiger partial charge in [-0.1, -0.05) is 5.92 Å². The van der Waals surface area contributed by atoms with Crippen molar-refractivity contribution in [3.05, 3.63) is 16.1 Å². The minimum Gasteiger partial charge on any atom is -0.444 e. The lowest BCUT2D eigenvalue weighted by Crippen LogP contribution is -2.41. The first kappa shape index (κ1) is 14.9. The highest BCUT2D eigenvalue weighted by molar-refractivity contribution is 7.12. The van der Waals surface area contributed by atoms with Crippen LogP contribution in [0.3, 0.4) is 0 Å². The molecule has 0 unspecified atom stereocenters. The number of hydrogen-bond acceptors (Lipinski definition) is 4. The van der Waals surface area contributed by atoms with Crippen molar-refractivity contribution in [2.75, 3.05) is 13.1 Å². The molecule has 2 heterocycles. The molecular formula is C15H20N2O2S. The highest BCUT2D eigenvalue weighted by Crippen LogP contribution is 2.31. The molecule has 0 spiro atoms. The summed E-state index contributed by atoms with van der Waals surface area (Å²) < 4.78 is 5.39. The summed E-state index contributed by atoms with van der Waals surface area (Å²) in [6.07, 6.45) is 8.72. The second kappa shape index (κ2) is 5.84. The van der Waals surface area contributed by atoms with Crippen LogP contribution in [0, 0.1) is 12.3 Å². The van der Waals surface area contributed by atoms with Crippen LogP contribution in [-0.4, -0.2) is 34.7 Å². The lowest BCUT2D eigenvalue weighted by atomic mass is 9.98. The first-order valence-electron chi connectivity index (χ1n) is 6.79. The zero-order valence-electron chi connectivity index (χ0n) is 12.2. The monoisotopic (exact) mass is 292 g/mol. The highest BCUT2D eigenvalue weighted by Gasteiger charge is 2.28. The standard InChI is InChI=1S/C15H20N2O2S/c1-5-12-10-16-13(20-12)11-6-8-17(9-7-11)14(18)19-15(2,3)4/h1,10-11H,6-9H2,2-4H3. The molecule has 0 radical (unpaired) electrons. The number of amides is 1. The summed E-state index contributed by atoms with van der Waals surface area (Å²) in [5.41, 5.74) is -0.440. The molecule has 1 aromatic rings. The smallest absolute Gasteiger partial charge is 0.410 e. The molecule has 0 bridgehead atoms. The van der Waals surface area contributed by atoms with Crippen molar-refractivity contribution in [3.8, 4) is 12.3 Å². The van der Waals surface area contributed by atoms with Gasteiger partial charge in [-0.25, -0.2) is 9.78 Å². The molecule has 1 aliphatic heterocycles. The number of terminal acetylenes is 1. The predicted molar refractivity (Wildman–Crippen MR) is 79.8 cm³/mol. The van der Waals surface area contributed by atoms with Gasteiger partial charge in [0.25, 0.3) is 0 Å². The highest BCUT2D eigenvalue weighted by atomic mass is 32.1. The molecule has 1 saturated heterocycles. The maximum Gasteiger partial charge on any atom is 0.410 e. The van der Waals surface area contributed by atoms with Crippen molar-refractivity contribution in [2.24, 2.45) is 0 Å². The molecule has 1 amide bonds. The van der Waals surface area contributed by atoms with Crippen molar-refractivity contribution in [1.82, 2.24) is 9.88 Å². The number of nitrogens with zero attached hydrogens (tertiary/aromatic N) is 2. The van der Waals surface area contributed by atoms with E-state index in [1.54, 1.807) is 22.4 Å². The third-order valence-electron chi connectivity index (χ3n) is 3.16. The van der Waals surface area contributed by atoms with Gasteiger partial charge >= 0.3 is 6.09 Å². The lowest BCUT2D eigenvalue weighted by Gasteiger charge is -2.32. The van der Waals surface area contributed by atoms with Crippen molar-refractivity contribution in [2.45, 2.75) is 45.1 Å². The van der Waals surface area contributed by atoms with Gasteiger partial charge in [0.15, 0.2) is 0 Å². The topological polar surface area (TPSA) is 42.4 Å². The normalized spacial score (nSPS) is 16.8. The summed E-state index contributed by atoms with van der Waals surface area (Å²) in [5.74, 6) is 3.01. The van der Waals surface area contributed by atoms with Crippen molar-refractivity contribution in [3.63, 3.8) is 0 Å². The molecule has 2 rings (SSSR count). The van der Waals surface area contributed by atoms with E-state index in [1.807, 2.05) is 20.8 Å². The van der Waals surface area contributed by atoms with Gasteiger partial charge in [0.1, 0.15) is 5.60 Å². The van der Waals surface area contributed by atoms with Crippen LogP contribution >= 0.6 is 11.3 Å². The number of carbonyl (C=O) groups excluding carboxylic acids is 1. The quantitative estimate of drug-likeness (QED) is 0.746. The Labute approximate surface area is 124 Å². The van der Waals surface area contributed by atoms with Crippen LogP contribution in [0.5, 0.6) is 0 Å². The number of ether oxygens (including phenoxy) is 1. The lowest BCUT2D eigenvalue weighted by molar-refractivity contribution is 0.0205. The maximum atomic E-state index is 12.0. The van der Waals surface area contributed by atoms with E-state index in [1.165, 1.54) is 0 Å². The molecular weight excluding hydrogens is 272 g/mol. The Morgan fingerprint density at radius 3 is 2.65 bits per heavy atom. The number of rotatable bonds is 1. The number of likely N-dealkylation sites (tertiary alicyclic amines) is 1. The van der Waals surface area contributed by atoms with Gasteiger partial charge in [-0.05, 0) is 33.6 Å². The molecule has 1 aliphatic rings. The van der Waals surface area contributed by atoms with E-state index in [0.717, 1.165) is 22.7 Å². The zero-order valence-corrected chi connectivity index (χ0v) is 13.0. The Morgan fingerprint density at radius 2 is 2.15 bits per heavy atom. The van der Waals surface area contributed by atoms with Crippen LogP contribution in [-0.2, 0) is 4.74 Å². The van der Waals surface area contributed by atoms with Crippen LogP contribution in [0.2, 0.25) is 0 Å². The van der Waals surface area contributed by atoms with E-state index in [-0.39, 0.29) is 6.09 Å². The molecule has 1 fully saturated rings. The van der Waals surface area contributed by atoms with Gasteiger partial charge in [-0.15, -0.1) is 17.8 Å². The van der Waals surface area contributed by atoms with Gasteiger partial charge in [0.05, 0.1) is 16.1 Å². The Balaban J connectivity index is 1.89. The fraction of sp³-hybridized carbons (Fsp3) is 0.600. The Morgan fingerprint density at radius 1 is 1.50 bits per heavy atom. The molecule has 108 valence electrons. The molecule has 20 heavy (non-hydrogen) atoms. The van der Waals surface area contributed by atoms with Crippen LogP contribution in [0.4, 0.5) is 4.79 Å². The average molecular weight is 292 g/mol. The van der Waals surface area contributed by atoms with E-state index < -0.39 is 5.60 Å². The van der Waals surface area contributed by atoms with Crippen molar-refractivity contribution >= 4 is 17.4 Å². The number of piperidine rings is 1. The summed E-state index contributed by atoms with van der Waals surface area (Å²) in [6.45, 7) is 7.08. The Bertz CT molecular complexity index is 517. The summed E-state index contributed by atoms with van der Waals surface area (Å²) in [5, 5.41) is 1.08. The first-order valence-corrected chi connectivity index (χ1v) is 7.61. The second-order valence-corrected chi connectivity index (χ2v) is 7.01. The van der Waals surface area contributed by atoms with E-state index in [0.29, 0.717) is 19.0 Å². The van der Waals surface area contributed by atoms with Crippen LogP contribution in [0.25, 0.3) is 0 Å². The third kappa shape index (κ3) is 3.73. The van der Waals surface area contributed by atoms with Crippen molar-refractivity contribution < 1.29 is 9.53 Å². The van der Waals surface area contributed by atoms with Crippen LogP contribution < -0.4 is 0 Å². The average Bonchev–Trinajstić information content (AvgIpc) is 2.85.